The van der Waals surface area contributed by atoms with E-state index in [-0.39, 0.29) is 18.4 Å². The van der Waals surface area contributed by atoms with Crippen LogP contribution in [0, 0.1) is 0 Å². The molecule has 0 saturated carbocycles. The summed E-state index contributed by atoms with van der Waals surface area (Å²) >= 11 is 5.83. The summed E-state index contributed by atoms with van der Waals surface area (Å²) < 4.78 is 1.57. The number of carbonyl (C=O) groups excluding carboxylic acids is 1. The Balaban J connectivity index is 2.16. The molecular weight excluding hydrogens is 242 g/mol. The number of nitrogens with one attached hydrogen (secondary N) is 1. The third-order valence-corrected chi connectivity index (χ3v) is 2.40. The lowest BCUT2D eigenvalue weighted by Gasteiger charge is -2.08. The van der Waals surface area contributed by atoms with Gasteiger partial charge in [0.25, 0.3) is 0 Å². The second-order valence-corrected chi connectivity index (χ2v) is 4.24. The van der Waals surface area contributed by atoms with E-state index in [2.05, 4.69) is 15.4 Å². The SMILES string of the molecule is CC(CC(N)=O)Nc1nc2ccc(Cl)cn2n1. The average Bonchev–Trinajstić information content (AvgIpc) is 2.57. The second kappa shape index (κ2) is 4.58. The molecule has 0 bridgehead atoms. The van der Waals surface area contributed by atoms with Crippen molar-refractivity contribution < 1.29 is 4.79 Å². The molecule has 90 valence electrons. The first-order valence-corrected chi connectivity index (χ1v) is 5.49. The predicted octanol–water partition coefficient (Wildman–Crippen LogP) is 1.06. The van der Waals surface area contributed by atoms with Crippen LogP contribution in [0.2, 0.25) is 5.02 Å². The topological polar surface area (TPSA) is 85.3 Å². The van der Waals surface area contributed by atoms with Gasteiger partial charge in [0, 0.05) is 18.7 Å². The molecule has 1 amide bonds. The van der Waals surface area contributed by atoms with Crippen LogP contribution in [-0.2, 0) is 4.79 Å². The maximum atomic E-state index is 10.7. The molecule has 0 aliphatic carbocycles. The number of rotatable bonds is 4. The van der Waals surface area contributed by atoms with E-state index in [1.54, 1.807) is 22.8 Å². The molecule has 6 nitrogen and oxygen atoms in total. The molecule has 2 rings (SSSR count). The Morgan fingerprint density at radius 2 is 2.41 bits per heavy atom. The van der Waals surface area contributed by atoms with E-state index in [9.17, 15) is 4.79 Å². The fourth-order valence-electron chi connectivity index (χ4n) is 1.49. The van der Waals surface area contributed by atoms with E-state index in [4.69, 9.17) is 17.3 Å². The standard InChI is InChI=1S/C10H12ClN5O/c1-6(4-8(12)17)13-10-14-9-3-2-7(11)5-16(9)15-10/h2-3,5-6H,4H2,1H3,(H2,12,17)(H,13,15). The Morgan fingerprint density at radius 1 is 1.65 bits per heavy atom. The van der Waals surface area contributed by atoms with Crippen LogP contribution in [0.5, 0.6) is 0 Å². The minimum Gasteiger partial charge on any atom is -0.370 e. The summed E-state index contributed by atoms with van der Waals surface area (Å²) in [5, 5.41) is 7.76. The summed E-state index contributed by atoms with van der Waals surface area (Å²) in [7, 11) is 0. The Morgan fingerprint density at radius 3 is 3.12 bits per heavy atom. The Labute approximate surface area is 103 Å². The molecule has 0 aromatic carbocycles. The van der Waals surface area contributed by atoms with Crippen molar-refractivity contribution >= 4 is 29.1 Å². The van der Waals surface area contributed by atoms with E-state index in [0.29, 0.717) is 16.6 Å². The first kappa shape index (κ1) is 11.7. The zero-order valence-electron chi connectivity index (χ0n) is 9.22. The van der Waals surface area contributed by atoms with E-state index in [1.807, 2.05) is 6.92 Å². The van der Waals surface area contributed by atoms with Gasteiger partial charge in [0.2, 0.25) is 11.9 Å². The molecule has 7 heteroatoms. The number of fused-ring (bicyclic) bond motifs is 1. The predicted molar refractivity (Wildman–Crippen MR) is 64.9 cm³/mol. The van der Waals surface area contributed by atoms with Gasteiger partial charge in [-0.3, -0.25) is 4.79 Å². The number of anilines is 1. The molecule has 0 aliphatic heterocycles. The molecule has 3 N–H and O–H groups in total. The monoisotopic (exact) mass is 253 g/mol. The van der Waals surface area contributed by atoms with Gasteiger partial charge in [-0.2, -0.15) is 4.98 Å². The lowest BCUT2D eigenvalue weighted by molar-refractivity contribution is -0.118. The molecule has 17 heavy (non-hydrogen) atoms. The van der Waals surface area contributed by atoms with Crippen LogP contribution < -0.4 is 11.1 Å². The van der Waals surface area contributed by atoms with Gasteiger partial charge in [0.1, 0.15) is 0 Å². The quantitative estimate of drug-likeness (QED) is 0.853. The van der Waals surface area contributed by atoms with Crippen molar-refractivity contribution in [3.05, 3.63) is 23.4 Å². The van der Waals surface area contributed by atoms with Crippen molar-refractivity contribution in [2.45, 2.75) is 19.4 Å². The van der Waals surface area contributed by atoms with Crippen molar-refractivity contribution in [1.82, 2.24) is 14.6 Å². The van der Waals surface area contributed by atoms with Gasteiger partial charge in [0.05, 0.1) is 5.02 Å². The molecule has 2 aromatic rings. The number of nitrogens with two attached hydrogens (primary N) is 1. The molecule has 0 fully saturated rings. The summed E-state index contributed by atoms with van der Waals surface area (Å²) in [6.07, 6.45) is 1.89. The normalized spacial score (nSPS) is 12.6. The van der Waals surface area contributed by atoms with Gasteiger partial charge >= 0.3 is 0 Å². The third-order valence-electron chi connectivity index (χ3n) is 2.18. The minimum absolute atomic E-state index is 0.111. The zero-order chi connectivity index (χ0) is 12.4. The summed E-state index contributed by atoms with van der Waals surface area (Å²) in [5.74, 6) is 0.0813. The Bertz CT molecular complexity index is 553. The molecule has 1 atom stereocenters. The van der Waals surface area contributed by atoms with E-state index in [1.165, 1.54) is 0 Å². The fraction of sp³-hybridized carbons (Fsp3) is 0.300. The van der Waals surface area contributed by atoms with Crippen LogP contribution in [0.3, 0.4) is 0 Å². The van der Waals surface area contributed by atoms with Crippen LogP contribution in [0.4, 0.5) is 5.95 Å². The molecule has 0 saturated heterocycles. The highest BCUT2D eigenvalue weighted by molar-refractivity contribution is 6.30. The van der Waals surface area contributed by atoms with Gasteiger partial charge in [0.15, 0.2) is 5.65 Å². The number of pyridine rings is 1. The lowest BCUT2D eigenvalue weighted by atomic mass is 10.2. The average molecular weight is 254 g/mol. The summed E-state index contributed by atoms with van der Waals surface area (Å²) in [5.41, 5.74) is 5.78. The van der Waals surface area contributed by atoms with Gasteiger partial charge < -0.3 is 11.1 Å². The second-order valence-electron chi connectivity index (χ2n) is 3.80. The molecule has 2 heterocycles. The highest BCUT2D eigenvalue weighted by Crippen LogP contribution is 2.12. The van der Waals surface area contributed by atoms with Crippen LogP contribution >= 0.6 is 11.6 Å². The van der Waals surface area contributed by atoms with Gasteiger partial charge in [-0.1, -0.05) is 11.6 Å². The molecular formula is C10H12ClN5O. The number of hydrogen-bond donors (Lipinski definition) is 2. The third kappa shape index (κ3) is 2.85. The number of primary amides is 1. The van der Waals surface area contributed by atoms with Crippen LogP contribution in [-0.4, -0.2) is 26.5 Å². The number of aromatic nitrogens is 3. The van der Waals surface area contributed by atoms with Crippen LogP contribution in [0.25, 0.3) is 5.65 Å². The van der Waals surface area contributed by atoms with Gasteiger partial charge in [-0.15, -0.1) is 5.10 Å². The van der Waals surface area contributed by atoms with Crippen LogP contribution in [0.1, 0.15) is 13.3 Å². The minimum atomic E-state index is -0.364. The Kier molecular flexibility index (Phi) is 3.14. The largest absolute Gasteiger partial charge is 0.370 e. The van der Waals surface area contributed by atoms with Gasteiger partial charge in [-0.25, -0.2) is 4.52 Å². The smallest absolute Gasteiger partial charge is 0.243 e. The van der Waals surface area contributed by atoms with Crippen molar-refractivity contribution in [2.24, 2.45) is 5.73 Å². The highest BCUT2D eigenvalue weighted by atomic mass is 35.5. The maximum absolute atomic E-state index is 10.7. The summed E-state index contributed by atoms with van der Waals surface area (Å²) in [6.45, 7) is 1.84. The first-order chi connectivity index (χ1) is 8.04. The lowest BCUT2D eigenvalue weighted by Crippen LogP contribution is -2.24. The van der Waals surface area contributed by atoms with E-state index >= 15 is 0 Å². The first-order valence-electron chi connectivity index (χ1n) is 5.11. The molecule has 0 radical (unpaired) electrons. The number of carbonyl (C=O) groups is 1. The summed E-state index contributed by atoms with van der Waals surface area (Å²) in [4.78, 5) is 15.0. The zero-order valence-corrected chi connectivity index (χ0v) is 9.98. The fourth-order valence-corrected chi connectivity index (χ4v) is 1.65. The summed E-state index contributed by atoms with van der Waals surface area (Å²) in [6, 6.07) is 3.39. The number of hydrogen-bond acceptors (Lipinski definition) is 4. The maximum Gasteiger partial charge on any atom is 0.243 e. The van der Waals surface area contributed by atoms with Gasteiger partial charge in [-0.05, 0) is 19.1 Å². The molecule has 2 aromatic heterocycles. The van der Waals surface area contributed by atoms with E-state index < -0.39 is 0 Å². The van der Waals surface area contributed by atoms with Crippen molar-refractivity contribution in [2.75, 3.05) is 5.32 Å². The van der Waals surface area contributed by atoms with Crippen molar-refractivity contribution in [3.8, 4) is 0 Å². The molecule has 0 spiro atoms. The number of amides is 1. The molecule has 1 unspecified atom stereocenters. The number of nitrogens with zero attached hydrogens (tertiary/aromatic N) is 3. The van der Waals surface area contributed by atoms with Crippen molar-refractivity contribution in [1.29, 1.82) is 0 Å². The van der Waals surface area contributed by atoms with Crippen LogP contribution in [0.15, 0.2) is 18.3 Å². The van der Waals surface area contributed by atoms with E-state index in [0.717, 1.165) is 0 Å². The highest BCUT2D eigenvalue weighted by Gasteiger charge is 2.09. The molecule has 0 aliphatic rings. The number of halogens is 1. The van der Waals surface area contributed by atoms with Crippen molar-refractivity contribution in [3.63, 3.8) is 0 Å². The Hall–Kier alpha value is -1.82.